The van der Waals surface area contributed by atoms with Gasteiger partial charge in [0.1, 0.15) is 23.4 Å². The average Bonchev–Trinajstić information content (AvgIpc) is 3.05. The standard InChI is InChI=1S/C24H19F2N3O4/c1-33-20-12-10-18(11-13-20)28-21(14-22(30)27-17-6-2-15(25)3-7-17)23(31)29(24(28)32)19-8-4-16(26)5-9-19/h2-13,21H,14H2,1H3,(H,27,30)/t21-/m0/s1. The van der Waals surface area contributed by atoms with Gasteiger partial charge in [0.05, 0.1) is 19.2 Å². The van der Waals surface area contributed by atoms with Gasteiger partial charge < -0.3 is 10.1 Å². The van der Waals surface area contributed by atoms with Gasteiger partial charge in [0.15, 0.2) is 0 Å². The number of carbonyl (C=O) groups is 3. The van der Waals surface area contributed by atoms with Gasteiger partial charge in [0.25, 0.3) is 5.91 Å². The fraction of sp³-hybridized carbons (Fsp3) is 0.125. The molecule has 3 aromatic carbocycles. The van der Waals surface area contributed by atoms with Gasteiger partial charge >= 0.3 is 6.03 Å². The minimum Gasteiger partial charge on any atom is -0.497 e. The maximum atomic E-state index is 13.4. The SMILES string of the molecule is COc1ccc(N2C(=O)N(c3ccc(F)cc3)C(=O)[C@@H]2CC(=O)Nc2ccc(F)cc2)cc1. The molecule has 0 unspecified atom stereocenters. The molecule has 4 rings (SSSR count). The average molecular weight is 451 g/mol. The van der Waals surface area contributed by atoms with Crippen molar-refractivity contribution in [2.24, 2.45) is 0 Å². The van der Waals surface area contributed by atoms with E-state index in [1.807, 2.05) is 0 Å². The van der Waals surface area contributed by atoms with Crippen LogP contribution in [0.25, 0.3) is 0 Å². The lowest BCUT2D eigenvalue weighted by Crippen LogP contribution is -2.38. The van der Waals surface area contributed by atoms with Gasteiger partial charge in [-0.05, 0) is 72.8 Å². The molecule has 0 saturated carbocycles. The third kappa shape index (κ3) is 4.52. The van der Waals surface area contributed by atoms with E-state index in [4.69, 9.17) is 4.74 Å². The van der Waals surface area contributed by atoms with E-state index in [2.05, 4.69) is 5.32 Å². The Morgan fingerprint density at radius 2 is 1.42 bits per heavy atom. The van der Waals surface area contributed by atoms with Gasteiger partial charge in [-0.1, -0.05) is 0 Å². The Balaban J connectivity index is 1.64. The van der Waals surface area contributed by atoms with Crippen LogP contribution >= 0.6 is 0 Å². The molecule has 1 saturated heterocycles. The Hall–Kier alpha value is -4.27. The van der Waals surface area contributed by atoms with Crippen molar-refractivity contribution in [3.8, 4) is 5.75 Å². The highest BCUT2D eigenvalue weighted by Gasteiger charge is 2.47. The third-order valence-corrected chi connectivity index (χ3v) is 5.16. The first-order chi connectivity index (χ1) is 15.9. The number of nitrogens with one attached hydrogen (secondary N) is 1. The summed E-state index contributed by atoms with van der Waals surface area (Å²) in [5.74, 6) is -1.58. The lowest BCUT2D eigenvalue weighted by Gasteiger charge is -2.22. The summed E-state index contributed by atoms with van der Waals surface area (Å²) in [5.41, 5.74) is 0.925. The molecule has 0 spiro atoms. The molecule has 1 aliphatic heterocycles. The smallest absolute Gasteiger partial charge is 0.336 e. The molecule has 3 aromatic rings. The summed E-state index contributed by atoms with van der Waals surface area (Å²) in [4.78, 5) is 41.4. The number of urea groups is 1. The lowest BCUT2D eigenvalue weighted by molar-refractivity contribution is -0.122. The minimum atomic E-state index is -1.14. The van der Waals surface area contributed by atoms with E-state index >= 15 is 0 Å². The van der Waals surface area contributed by atoms with Gasteiger partial charge in [-0.2, -0.15) is 0 Å². The molecule has 4 amide bonds. The Kier molecular flexibility index (Phi) is 6.03. The van der Waals surface area contributed by atoms with E-state index in [-0.39, 0.29) is 12.1 Å². The van der Waals surface area contributed by atoms with E-state index in [0.717, 1.165) is 17.0 Å². The summed E-state index contributed by atoms with van der Waals surface area (Å²) in [6.45, 7) is 0. The molecule has 0 bridgehead atoms. The topological polar surface area (TPSA) is 79.0 Å². The summed E-state index contributed by atoms with van der Waals surface area (Å²) in [6.07, 6.45) is -0.342. The van der Waals surface area contributed by atoms with Gasteiger partial charge in [-0.15, -0.1) is 0 Å². The zero-order valence-electron chi connectivity index (χ0n) is 17.5. The summed E-state index contributed by atoms with van der Waals surface area (Å²) >= 11 is 0. The second kappa shape index (κ2) is 9.07. The normalized spacial score (nSPS) is 15.7. The molecule has 168 valence electrons. The van der Waals surface area contributed by atoms with Gasteiger partial charge in [0.2, 0.25) is 5.91 Å². The number of benzene rings is 3. The molecule has 0 aliphatic carbocycles. The molecule has 1 N–H and O–H groups in total. The molecule has 9 heteroatoms. The molecular weight excluding hydrogens is 432 g/mol. The summed E-state index contributed by atoms with van der Waals surface area (Å²) in [5, 5.41) is 2.60. The monoisotopic (exact) mass is 451 g/mol. The number of ether oxygens (including phenoxy) is 1. The van der Waals surface area contributed by atoms with Crippen LogP contribution in [-0.2, 0) is 9.59 Å². The molecular formula is C24H19F2N3O4. The van der Waals surface area contributed by atoms with E-state index in [0.29, 0.717) is 17.1 Å². The van der Waals surface area contributed by atoms with Crippen LogP contribution in [0.5, 0.6) is 5.75 Å². The first-order valence-corrected chi connectivity index (χ1v) is 9.99. The predicted octanol–water partition coefficient (Wildman–Crippen LogP) is 4.34. The van der Waals surface area contributed by atoms with Crippen molar-refractivity contribution in [2.45, 2.75) is 12.5 Å². The number of hydrogen-bond acceptors (Lipinski definition) is 4. The van der Waals surface area contributed by atoms with E-state index in [1.54, 1.807) is 24.3 Å². The lowest BCUT2D eigenvalue weighted by atomic mass is 10.1. The van der Waals surface area contributed by atoms with Crippen LogP contribution in [0.4, 0.5) is 30.6 Å². The van der Waals surface area contributed by atoms with Crippen molar-refractivity contribution < 1.29 is 27.9 Å². The van der Waals surface area contributed by atoms with Crippen LogP contribution < -0.4 is 19.9 Å². The van der Waals surface area contributed by atoms with Crippen LogP contribution in [-0.4, -0.2) is 31.0 Å². The molecule has 1 heterocycles. The first kappa shape index (κ1) is 21.9. The fourth-order valence-electron chi connectivity index (χ4n) is 3.56. The van der Waals surface area contributed by atoms with Crippen LogP contribution in [0.2, 0.25) is 0 Å². The number of carbonyl (C=O) groups excluding carboxylic acids is 3. The predicted molar refractivity (Wildman–Crippen MR) is 118 cm³/mol. The van der Waals surface area contributed by atoms with Crippen LogP contribution in [0.3, 0.4) is 0 Å². The third-order valence-electron chi connectivity index (χ3n) is 5.16. The maximum Gasteiger partial charge on any atom is 0.336 e. The molecule has 7 nitrogen and oxygen atoms in total. The highest BCUT2D eigenvalue weighted by molar-refractivity contribution is 6.29. The number of halogens is 2. The Morgan fingerprint density at radius 1 is 0.879 bits per heavy atom. The van der Waals surface area contributed by atoms with Crippen molar-refractivity contribution >= 4 is 34.9 Å². The number of nitrogens with zero attached hydrogens (tertiary/aromatic N) is 2. The highest BCUT2D eigenvalue weighted by atomic mass is 19.1. The maximum absolute atomic E-state index is 13.4. The zero-order valence-corrected chi connectivity index (χ0v) is 17.5. The molecule has 1 aliphatic rings. The number of amides is 4. The van der Waals surface area contributed by atoms with Crippen LogP contribution in [0, 0.1) is 11.6 Å². The molecule has 1 fully saturated rings. The van der Waals surface area contributed by atoms with E-state index in [1.165, 1.54) is 48.4 Å². The van der Waals surface area contributed by atoms with E-state index < -0.39 is 35.5 Å². The summed E-state index contributed by atoms with van der Waals surface area (Å²) in [7, 11) is 1.50. The van der Waals surface area contributed by atoms with Gasteiger partial charge in [0, 0.05) is 11.4 Å². The van der Waals surface area contributed by atoms with Crippen molar-refractivity contribution in [3.05, 3.63) is 84.4 Å². The quantitative estimate of drug-likeness (QED) is 0.566. The number of rotatable bonds is 6. The van der Waals surface area contributed by atoms with E-state index in [9.17, 15) is 23.2 Å². The highest BCUT2D eigenvalue weighted by Crippen LogP contribution is 2.32. The first-order valence-electron chi connectivity index (χ1n) is 9.99. The second-order valence-corrected chi connectivity index (χ2v) is 7.28. The minimum absolute atomic E-state index is 0.186. The van der Waals surface area contributed by atoms with Crippen molar-refractivity contribution in [1.82, 2.24) is 0 Å². The Morgan fingerprint density at radius 3 is 2.00 bits per heavy atom. The largest absolute Gasteiger partial charge is 0.497 e. The summed E-state index contributed by atoms with van der Waals surface area (Å²) in [6, 6.07) is 14.7. The zero-order chi connectivity index (χ0) is 23.5. The Labute approximate surface area is 188 Å². The number of methoxy groups -OCH3 is 1. The molecule has 0 aromatic heterocycles. The second-order valence-electron chi connectivity index (χ2n) is 7.28. The van der Waals surface area contributed by atoms with Gasteiger partial charge in [-0.3, -0.25) is 14.5 Å². The van der Waals surface area contributed by atoms with Crippen LogP contribution in [0.15, 0.2) is 72.8 Å². The van der Waals surface area contributed by atoms with Crippen molar-refractivity contribution in [2.75, 3.05) is 22.2 Å². The molecule has 0 radical (unpaired) electrons. The summed E-state index contributed by atoms with van der Waals surface area (Å²) < 4.78 is 31.6. The van der Waals surface area contributed by atoms with Crippen molar-refractivity contribution in [3.63, 3.8) is 0 Å². The number of hydrogen-bond donors (Lipinski definition) is 1. The fourth-order valence-corrected chi connectivity index (χ4v) is 3.56. The Bertz CT molecular complexity index is 1180. The molecule has 33 heavy (non-hydrogen) atoms. The van der Waals surface area contributed by atoms with Gasteiger partial charge in [-0.25, -0.2) is 18.5 Å². The number of imide groups is 1. The van der Waals surface area contributed by atoms with Crippen LogP contribution in [0.1, 0.15) is 6.42 Å². The van der Waals surface area contributed by atoms with Crippen molar-refractivity contribution in [1.29, 1.82) is 0 Å². The molecule has 1 atom stereocenters. The number of anilines is 3.